The lowest BCUT2D eigenvalue weighted by Crippen LogP contribution is -2.36. The molecule has 0 saturated carbocycles. The number of benzene rings is 3. The first-order chi connectivity index (χ1) is 23.6. The summed E-state index contributed by atoms with van der Waals surface area (Å²) in [6, 6.07) is 20.1. The van der Waals surface area contributed by atoms with E-state index in [2.05, 4.69) is 17.2 Å². The fourth-order valence-electron chi connectivity index (χ4n) is 5.93. The van der Waals surface area contributed by atoms with E-state index in [1.165, 1.54) is 0 Å². The number of amides is 1. The average Bonchev–Trinajstić information content (AvgIpc) is 3.73. The molecule has 1 unspecified atom stereocenters. The summed E-state index contributed by atoms with van der Waals surface area (Å²) in [5, 5.41) is 13.1. The van der Waals surface area contributed by atoms with Crippen molar-refractivity contribution in [3.05, 3.63) is 100 Å². The number of carbonyl (C=O) groups excluding carboxylic acids is 1. The van der Waals surface area contributed by atoms with Gasteiger partial charge in [-0.1, -0.05) is 30.0 Å². The maximum absolute atomic E-state index is 13.8. The van der Waals surface area contributed by atoms with Crippen molar-refractivity contribution in [1.82, 2.24) is 14.6 Å². The number of nitrogens with zero attached hydrogens (tertiary/aromatic N) is 2. The predicted octanol–water partition coefficient (Wildman–Crippen LogP) is 5.53. The number of fused-ring (bicyclic) bond motifs is 2. The number of nitrogens with one attached hydrogen (secondary N) is 1. The van der Waals surface area contributed by atoms with Gasteiger partial charge in [0.25, 0.3) is 5.91 Å². The van der Waals surface area contributed by atoms with Crippen molar-refractivity contribution >= 4 is 16.9 Å². The lowest BCUT2D eigenvalue weighted by molar-refractivity contribution is 0.0945. The number of aliphatic hydroxyl groups excluding tert-OH is 1. The molecule has 0 saturated heterocycles. The zero-order valence-electron chi connectivity index (χ0n) is 28.2. The number of methoxy groups -OCH3 is 2. The maximum Gasteiger partial charge on any atom is 0.270 e. The second-order valence-electron chi connectivity index (χ2n) is 12.7. The van der Waals surface area contributed by atoms with Gasteiger partial charge in [0.2, 0.25) is 6.79 Å². The Balaban J connectivity index is 1.38. The monoisotopic (exact) mass is 681 g/mol. The minimum atomic E-state index is -1.38. The van der Waals surface area contributed by atoms with Gasteiger partial charge in [0.15, 0.2) is 23.0 Å². The molecule has 11 heteroatoms. The Morgan fingerprint density at radius 2 is 1.76 bits per heavy atom. The minimum absolute atomic E-state index is 0.101. The molecule has 0 aliphatic carbocycles. The van der Waals surface area contributed by atoms with Crippen LogP contribution in [0, 0.1) is 11.8 Å². The first-order valence-electron chi connectivity index (χ1n) is 15.9. The fraction of sp³-hybridized carbons (Fsp3) is 0.316. The molecular weight excluding hydrogens is 642 g/mol. The van der Waals surface area contributed by atoms with Gasteiger partial charge in [0.1, 0.15) is 16.7 Å². The number of aliphatic hydroxyl groups is 1. The molecule has 3 aromatic carbocycles. The number of hydrogen-bond donors (Lipinski definition) is 2. The Bertz CT molecular complexity index is 1980. The molecule has 0 spiro atoms. The number of rotatable bonds is 9. The number of hydrogen-bond acceptors (Lipinski definition) is 8. The third-order valence-corrected chi connectivity index (χ3v) is 10.1. The quantitative estimate of drug-likeness (QED) is 0.222. The SMILES string of the molecule is COc1ccc(C#Cc2cccc(-c3nc(C(=O)NCc4ccc5c(c4)OCO5)cc4c3[C@H](CCO)N(S(=O)C(C)(C)C)C4)c2)cc1OC. The van der Waals surface area contributed by atoms with Crippen LogP contribution in [0.5, 0.6) is 23.0 Å². The van der Waals surface area contributed by atoms with Crippen LogP contribution < -0.4 is 24.3 Å². The summed E-state index contributed by atoms with van der Waals surface area (Å²) in [5.74, 6) is 8.60. The minimum Gasteiger partial charge on any atom is -0.493 e. The van der Waals surface area contributed by atoms with Crippen molar-refractivity contribution in [2.24, 2.45) is 0 Å². The van der Waals surface area contributed by atoms with E-state index in [0.717, 1.165) is 33.4 Å². The van der Waals surface area contributed by atoms with E-state index in [0.29, 0.717) is 41.7 Å². The molecular formula is C38H39N3O7S. The van der Waals surface area contributed by atoms with Crippen molar-refractivity contribution < 1.29 is 33.1 Å². The van der Waals surface area contributed by atoms with Crippen LogP contribution in [0.4, 0.5) is 0 Å². The van der Waals surface area contributed by atoms with Crippen LogP contribution in [-0.2, 0) is 24.1 Å². The molecule has 1 aromatic heterocycles. The van der Waals surface area contributed by atoms with Crippen LogP contribution in [0.2, 0.25) is 0 Å². The van der Waals surface area contributed by atoms with Crippen molar-refractivity contribution in [2.45, 2.75) is 51.1 Å². The Morgan fingerprint density at radius 3 is 2.49 bits per heavy atom. The zero-order chi connectivity index (χ0) is 34.7. The number of carbonyl (C=O) groups is 1. The summed E-state index contributed by atoms with van der Waals surface area (Å²) in [7, 11) is 1.78. The summed E-state index contributed by atoms with van der Waals surface area (Å²) < 4.78 is 36.8. The van der Waals surface area contributed by atoms with E-state index >= 15 is 0 Å². The van der Waals surface area contributed by atoms with Crippen LogP contribution in [0.15, 0.2) is 66.7 Å². The molecule has 4 aromatic rings. The highest BCUT2D eigenvalue weighted by Gasteiger charge is 2.40. The van der Waals surface area contributed by atoms with Crippen molar-refractivity contribution in [1.29, 1.82) is 0 Å². The van der Waals surface area contributed by atoms with Crippen LogP contribution in [0.25, 0.3) is 11.3 Å². The smallest absolute Gasteiger partial charge is 0.270 e. The molecule has 3 heterocycles. The molecule has 2 N–H and O–H groups in total. The molecule has 254 valence electrons. The van der Waals surface area contributed by atoms with Gasteiger partial charge in [-0.25, -0.2) is 13.5 Å². The summed E-state index contributed by atoms with van der Waals surface area (Å²) >= 11 is 0. The lowest BCUT2D eigenvalue weighted by Gasteiger charge is -2.30. The van der Waals surface area contributed by atoms with Gasteiger partial charge in [-0.3, -0.25) is 4.79 Å². The van der Waals surface area contributed by atoms with Crippen molar-refractivity contribution in [3.8, 4) is 46.1 Å². The zero-order valence-corrected chi connectivity index (χ0v) is 29.0. The molecule has 2 aliphatic rings. The topological polar surface area (TPSA) is 119 Å². The predicted molar refractivity (Wildman–Crippen MR) is 187 cm³/mol. The van der Waals surface area contributed by atoms with E-state index in [-0.39, 0.29) is 37.6 Å². The first-order valence-corrected chi connectivity index (χ1v) is 17.0. The molecule has 2 aliphatic heterocycles. The van der Waals surface area contributed by atoms with E-state index in [9.17, 15) is 14.1 Å². The van der Waals surface area contributed by atoms with Gasteiger partial charge in [-0.15, -0.1) is 0 Å². The Morgan fingerprint density at radius 1 is 1.00 bits per heavy atom. The van der Waals surface area contributed by atoms with Crippen LogP contribution in [-0.4, -0.2) is 56.9 Å². The Kier molecular flexibility index (Phi) is 9.92. The van der Waals surface area contributed by atoms with E-state index in [4.69, 9.17) is 23.9 Å². The molecule has 2 atom stereocenters. The van der Waals surface area contributed by atoms with E-state index in [1.807, 2.05) is 85.7 Å². The standard InChI is InChI=1S/C38H39N3O7S/c1-38(2,3)49(44)41-22-28-20-29(37(43)39-21-26-12-14-32-34(19-26)48-23-47-32)40-36(35(28)30(41)15-16-42)27-8-6-7-24(17-27)9-10-25-11-13-31(45-4)33(18-25)46-5/h6-8,11-14,17-20,30,42H,15-16,21-23H2,1-5H3,(H,39,43)/t30-,49?/m0/s1. The normalized spacial score (nSPS) is 15.6. The van der Waals surface area contributed by atoms with Gasteiger partial charge < -0.3 is 29.4 Å². The maximum atomic E-state index is 13.8. The number of pyridine rings is 1. The average molecular weight is 682 g/mol. The highest BCUT2D eigenvalue weighted by molar-refractivity contribution is 7.84. The summed E-state index contributed by atoms with van der Waals surface area (Å²) in [4.78, 5) is 18.6. The molecule has 49 heavy (non-hydrogen) atoms. The van der Waals surface area contributed by atoms with Gasteiger partial charge in [0.05, 0.1) is 30.7 Å². The van der Waals surface area contributed by atoms with Crippen LogP contribution in [0.1, 0.15) is 71.5 Å². The van der Waals surface area contributed by atoms with Crippen molar-refractivity contribution in [3.63, 3.8) is 0 Å². The molecule has 6 rings (SSSR count). The second-order valence-corrected chi connectivity index (χ2v) is 14.9. The van der Waals surface area contributed by atoms with E-state index in [1.54, 1.807) is 20.3 Å². The second kappa shape index (κ2) is 14.3. The van der Waals surface area contributed by atoms with Gasteiger partial charge in [-0.05, 0) is 86.8 Å². The Hall–Kier alpha value is -4.89. The number of aromatic nitrogens is 1. The number of ether oxygens (including phenoxy) is 4. The largest absolute Gasteiger partial charge is 0.493 e. The summed E-state index contributed by atoms with van der Waals surface area (Å²) in [6.45, 7) is 6.46. The van der Waals surface area contributed by atoms with Gasteiger partial charge >= 0.3 is 0 Å². The molecule has 1 amide bonds. The third kappa shape index (κ3) is 7.27. The summed E-state index contributed by atoms with van der Waals surface area (Å²) in [5.41, 5.74) is 5.63. The molecule has 0 bridgehead atoms. The van der Waals surface area contributed by atoms with E-state index < -0.39 is 15.7 Å². The molecule has 0 fully saturated rings. The Labute approximate surface area is 289 Å². The first kappa shape index (κ1) is 34.0. The van der Waals surface area contributed by atoms with Gasteiger partial charge in [0, 0.05) is 42.0 Å². The van der Waals surface area contributed by atoms with Gasteiger partial charge in [-0.2, -0.15) is 0 Å². The highest BCUT2D eigenvalue weighted by Crippen LogP contribution is 2.44. The lowest BCUT2D eigenvalue weighted by atomic mass is 9.95. The summed E-state index contributed by atoms with van der Waals surface area (Å²) in [6.07, 6.45) is 0.359. The fourth-order valence-corrected chi connectivity index (χ4v) is 7.33. The van der Waals surface area contributed by atoms with Crippen molar-refractivity contribution in [2.75, 3.05) is 27.6 Å². The third-order valence-electron chi connectivity index (χ3n) is 8.28. The highest BCUT2D eigenvalue weighted by atomic mass is 32.2. The van der Waals surface area contributed by atoms with Crippen LogP contribution in [0.3, 0.4) is 0 Å². The van der Waals surface area contributed by atoms with Crippen LogP contribution >= 0.6 is 0 Å². The molecule has 0 radical (unpaired) electrons. The molecule has 10 nitrogen and oxygen atoms in total.